The topological polar surface area (TPSA) is 17.1 Å². The molecule has 0 aromatic rings. The van der Waals surface area contributed by atoms with Crippen LogP contribution in [0.5, 0.6) is 0 Å². The number of halogens is 1. The summed E-state index contributed by atoms with van der Waals surface area (Å²) < 4.78 is 1.01. The molecule has 0 heterocycles. The highest BCUT2D eigenvalue weighted by molar-refractivity contribution is 14.1. The normalized spacial score (nSPS) is 22.0. The van der Waals surface area contributed by atoms with E-state index >= 15 is 0 Å². The van der Waals surface area contributed by atoms with E-state index in [1.54, 1.807) is 0 Å². The molecule has 0 unspecified atom stereocenters. The number of hydrogen-bond acceptors (Lipinski definition) is 1. The van der Waals surface area contributed by atoms with E-state index in [9.17, 15) is 4.79 Å². The zero-order valence-electron chi connectivity index (χ0n) is 8.41. The number of carbonyl (C=O) groups is 1. The first-order chi connectivity index (χ1) is 5.86. The highest BCUT2D eigenvalue weighted by atomic mass is 127. The molecule has 0 saturated heterocycles. The molecule has 0 aromatic carbocycles. The zero-order chi connectivity index (χ0) is 10.2. The predicted molar refractivity (Wildman–Crippen MR) is 63.9 cm³/mol. The quantitative estimate of drug-likeness (QED) is 0.674. The Labute approximate surface area is 93.4 Å². The van der Waals surface area contributed by atoms with Gasteiger partial charge in [0, 0.05) is 10.0 Å². The molecule has 0 aromatic heterocycles. The number of ketones is 1. The third-order valence-electron chi connectivity index (χ3n) is 2.72. The minimum Gasteiger partial charge on any atom is -0.295 e. The molecule has 0 atom stereocenters. The van der Waals surface area contributed by atoms with E-state index in [0.717, 1.165) is 21.1 Å². The Kier molecular flexibility index (Phi) is 3.00. The van der Waals surface area contributed by atoms with Gasteiger partial charge in [0.05, 0.1) is 0 Å². The van der Waals surface area contributed by atoms with Crippen molar-refractivity contribution in [1.29, 1.82) is 0 Å². The average molecular weight is 290 g/mol. The number of hydrogen-bond donors (Lipinski definition) is 0. The van der Waals surface area contributed by atoms with Crippen LogP contribution in [0.3, 0.4) is 0 Å². The molecule has 0 bridgehead atoms. The SMILES string of the molecule is C=C(I)C1=C(C)C(=O)CCC1(C)C. The molecule has 72 valence electrons. The lowest BCUT2D eigenvalue weighted by atomic mass is 9.72. The first-order valence-electron chi connectivity index (χ1n) is 4.45. The van der Waals surface area contributed by atoms with E-state index in [2.05, 4.69) is 43.0 Å². The summed E-state index contributed by atoms with van der Waals surface area (Å²) in [6.07, 6.45) is 1.63. The minimum absolute atomic E-state index is 0.121. The summed E-state index contributed by atoms with van der Waals surface area (Å²) in [5.74, 6) is 0.284. The maximum atomic E-state index is 11.5. The molecular formula is C11H15IO. The average Bonchev–Trinajstić information content (AvgIpc) is 1.96. The van der Waals surface area contributed by atoms with Gasteiger partial charge in [0.2, 0.25) is 0 Å². The number of carbonyl (C=O) groups excluding carboxylic acids is 1. The molecule has 0 saturated carbocycles. The van der Waals surface area contributed by atoms with Crippen LogP contribution in [0.15, 0.2) is 21.3 Å². The van der Waals surface area contributed by atoms with Gasteiger partial charge in [0.15, 0.2) is 5.78 Å². The smallest absolute Gasteiger partial charge is 0.158 e. The lowest BCUT2D eigenvalue weighted by Gasteiger charge is -2.33. The van der Waals surface area contributed by atoms with E-state index < -0.39 is 0 Å². The first kappa shape index (κ1) is 11.0. The summed E-state index contributed by atoms with van der Waals surface area (Å²) in [6, 6.07) is 0. The number of allylic oxidation sites excluding steroid dienone is 3. The van der Waals surface area contributed by atoms with Crippen LogP contribution in [0.25, 0.3) is 0 Å². The highest BCUT2D eigenvalue weighted by Crippen LogP contribution is 2.43. The van der Waals surface area contributed by atoms with E-state index in [4.69, 9.17) is 0 Å². The van der Waals surface area contributed by atoms with Crippen LogP contribution < -0.4 is 0 Å². The van der Waals surface area contributed by atoms with Gasteiger partial charge in [0.25, 0.3) is 0 Å². The standard InChI is InChI=1S/C11H15IO/c1-7-9(13)5-6-11(3,4)10(7)8(2)12/h2,5-6H2,1,3-4H3. The van der Waals surface area contributed by atoms with Crippen molar-refractivity contribution in [2.75, 3.05) is 0 Å². The van der Waals surface area contributed by atoms with Gasteiger partial charge in [-0.25, -0.2) is 0 Å². The molecule has 2 heteroatoms. The Bertz CT molecular complexity index is 297. The van der Waals surface area contributed by atoms with E-state index in [0.29, 0.717) is 6.42 Å². The van der Waals surface area contributed by atoms with Crippen molar-refractivity contribution < 1.29 is 4.79 Å². The summed E-state index contributed by atoms with van der Waals surface area (Å²) >= 11 is 2.21. The van der Waals surface area contributed by atoms with Crippen LogP contribution in [0.2, 0.25) is 0 Å². The predicted octanol–water partition coefficient (Wildman–Crippen LogP) is 3.64. The van der Waals surface area contributed by atoms with Gasteiger partial charge < -0.3 is 0 Å². The zero-order valence-corrected chi connectivity index (χ0v) is 10.6. The Balaban J connectivity index is 3.25. The molecule has 0 N–H and O–H groups in total. The molecule has 1 nitrogen and oxygen atoms in total. The van der Waals surface area contributed by atoms with Crippen molar-refractivity contribution in [2.45, 2.75) is 33.6 Å². The molecule has 0 spiro atoms. The van der Waals surface area contributed by atoms with Gasteiger partial charge in [0.1, 0.15) is 0 Å². The molecule has 1 rings (SSSR count). The van der Waals surface area contributed by atoms with E-state index in [-0.39, 0.29) is 11.2 Å². The van der Waals surface area contributed by atoms with Gasteiger partial charge in [-0.2, -0.15) is 0 Å². The molecule has 0 amide bonds. The summed E-state index contributed by atoms with van der Waals surface area (Å²) in [5, 5.41) is 0. The molecular weight excluding hydrogens is 275 g/mol. The van der Waals surface area contributed by atoms with Gasteiger partial charge in [-0.05, 0) is 52.5 Å². The molecule has 0 radical (unpaired) electrons. The monoisotopic (exact) mass is 290 g/mol. The fourth-order valence-electron chi connectivity index (χ4n) is 1.96. The molecule has 1 aliphatic carbocycles. The van der Waals surface area contributed by atoms with Crippen molar-refractivity contribution in [1.82, 2.24) is 0 Å². The summed E-state index contributed by atoms with van der Waals surface area (Å²) in [5.41, 5.74) is 2.19. The largest absolute Gasteiger partial charge is 0.295 e. The van der Waals surface area contributed by atoms with Gasteiger partial charge in [-0.1, -0.05) is 20.4 Å². The van der Waals surface area contributed by atoms with Crippen LogP contribution in [0, 0.1) is 5.41 Å². The van der Waals surface area contributed by atoms with Crippen LogP contribution in [0.1, 0.15) is 33.6 Å². The number of Topliss-reactive ketones (excluding diaryl/α,β-unsaturated/α-hetero) is 1. The Morgan fingerprint density at radius 2 is 2.08 bits per heavy atom. The maximum Gasteiger partial charge on any atom is 0.158 e. The van der Waals surface area contributed by atoms with Gasteiger partial charge in [-0.15, -0.1) is 0 Å². The molecule has 0 fully saturated rings. The molecule has 13 heavy (non-hydrogen) atoms. The second-order valence-corrected chi connectivity index (χ2v) is 5.51. The number of rotatable bonds is 1. The highest BCUT2D eigenvalue weighted by Gasteiger charge is 2.32. The minimum atomic E-state index is 0.121. The van der Waals surface area contributed by atoms with Crippen molar-refractivity contribution in [2.24, 2.45) is 5.41 Å². The van der Waals surface area contributed by atoms with Gasteiger partial charge >= 0.3 is 0 Å². The van der Waals surface area contributed by atoms with E-state index in [1.165, 1.54) is 0 Å². The fourth-order valence-corrected chi connectivity index (χ4v) is 3.09. The fraction of sp³-hybridized carbons (Fsp3) is 0.545. The molecule has 1 aliphatic rings. The second-order valence-electron chi connectivity index (χ2n) is 4.21. The Morgan fingerprint density at radius 3 is 2.46 bits per heavy atom. The lowest BCUT2D eigenvalue weighted by molar-refractivity contribution is -0.116. The summed E-state index contributed by atoms with van der Waals surface area (Å²) in [6.45, 7) is 10.2. The van der Waals surface area contributed by atoms with Crippen LogP contribution >= 0.6 is 22.6 Å². The summed E-state index contributed by atoms with van der Waals surface area (Å²) in [4.78, 5) is 11.5. The van der Waals surface area contributed by atoms with Crippen molar-refractivity contribution in [3.8, 4) is 0 Å². The third kappa shape index (κ3) is 2.03. The summed E-state index contributed by atoms with van der Waals surface area (Å²) in [7, 11) is 0. The molecule has 0 aliphatic heterocycles. The first-order valence-corrected chi connectivity index (χ1v) is 5.53. The third-order valence-corrected chi connectivity index (χ3v) is 3.26. The Hall–Kier alpha value is -0.120. The maximum absolute atomic E-state index is 11.5. The lowest BCUT2D eigenvalue weighted by Crippen LogP contribution is -2.25. The van der Waals surface area contributed by atoms with Gasteiger partial charge in [-0.3, -0.25) is 4.79 Å². The van der Waals surface area contributed by atoms with Crippen LogP contribution in [-0.4, -0.2) is 5.78 Å². The Morgan fingerprint density at radius 1 is 1.54 bits per heavy atom. The van der Waals surface area contributed by atoms with Crippen LogP contribution in [-0.2, 0) is 4.79 Å². The second kappa shape index (κ2) is 3.56. The van der Waals surface area contributed by atoms with Crippen molar-refractivity contribution in [3.05, 3.63) is 21.3 Å². The van der Waals surface area contributed by atoms with E-state index in [1.807, 2.05) is 6.92 Å². The van der Waals surface area contributed by atoms with Crippen LogP contribution in [0.4, 0.5) is 0 Å². The van der Waals surface area contributed by atoms with Crippen molar-refractivity contribution in [3.63, 3.8) is 0 Å². The van der Waals surface area contributed by atoms with Crippen molar-refractivity contribution >= 4 is 28.4 Å².